The Hall–Kier alpha value is -1.16. The first kappa shape index (κ1) is 12.3. The standard InChI is InChI=1S/C13H17F2NO/c1-3-13(2)11(16)7-12(13)17-10-6-8(14)4-5-9(10)15/h4-6,11-12H,3,7,16H2,1-2H3. The summed E-state index contributed by atoms with van der Waals surface area (Å²) in [5, 5.41) is 0. The normalized spacial score (nSPS) is 32.1. The highest BCUT2D eigenvalue weighted by molar-refractivity contribution is 5.26. The van der Waals surface area contributed by atoms with Crippen LogP contribution >= 0.6 is 0 Å². The highest BCUT2D eigenvalue weighted by Gasteiger charge is 2.50. The van der Waals surface area contributed by atoms with E-state index in [0.717, 1.165) is 24.6 Å². The fourth-order valence-corrected chi connectivity index (χ4v) is 2.24. The lowest BCUT2D eigenvalue weighted by atomic mass is 9.62. The Balaban J connectivity index is 2.14. The number of hydrogen-bond acceptors (Lipinski definition) is 2. The number of halogens is 2. The smallest absolute Gasteiger partial charge is 0.165 e. The molecule has 2 N–H and O–H groups in total. The number of rotatable bonds is 3. The van der Waals surface area contributed by atoms with Gasteiger partial charge in [0.15, 0.2) is 11.6 Å². The van der Waals surface area contributed by atoms with Crippen molar-refractivity contribution in [3.05, 3.63) is 29.8 Å². The SMILES string of the molecule is CCC1(C)C(N)CC1Oc1cc(F)ccc1F. The summed E-state index contributed by atoms with van der Waals surface area (Å²) in [4.78, 5) is 0. The molecule has 1 aromatic rings. The quantitative estimate of drug-likeness (QED) is 0.883. The molecule has 0 saturated heterocycles. The third kappa shape index (κ3) is 2.02. The molecule has 1 aliphatic carbocycles. The van der Waals surface area contributed by atoms with Crippen LogP contribution in [0.15, 0.2) is 18.2 Å². The van der Waals surface area contributed by atoms with Crippen LogP contribution in [0.3, 0.4) is 0 Å². The summed E-state index contributed by atoms with van der Waals surface area (Å²) in [7, 11) is 0. The van der Waals surface area contributed by atoms with Gasteiger partial charge in [-0.25, -0.2) is 8.78 Å². The molecule has 2 rings (SSSR count). The molecule has 0 bridgehead atoms. The highest BCUT2D eigenvalue weighted by atomic mass is 19.1. The van der Waals surface area contributed by atoms with Crippen molar-refractivity contribution in [2.24, 2.45) is 11.1 Å². The summed E-state index contributed by atoms with van der Waals surface area (Å²) in [6.45, 7) is 4.04. The molecule has 1 saturated carbocycles. The average Bonchev–Trinajstić information content (AvgIpc) is 2.32. The third-order valence-corrected chi connectivity index (χ3v) is 3.97. The van der Waals surface area contributed by atoms with Gasteiger partial charge in [-0.1, -0.05) is 13.8 Å². The Morgan fingerprint density at radius 1 is 1.47 bits per heavy atom. The van der Waals surface area contributed by atoms with Crippen molar-refractivity contribution >= 4 is 0 Å². The first-order chi connectivity index (χ1) is 7.97. The van der Waals surface area contributed by atoms with E-state index >= 15 is 0 Å². The van der Waals surface area contributed by atoms with E-state index in [1.807, 2.05) is 13.8 Å². The molecular formula is C13H17F2NO. The van der Waals surface area contributed by atoms with Gasteiger partial charge in [-0.2, -0.15) is 0 Å². The van der Waals surface area contributed by atoms with E-state index in [4.69, 9.17) is 10.5 Å². The minimum Gasteiger partial charge on any atom is -0.487 e. The van der Waals surface area contributed by atoms with Gasteiger partial charge in [0.1, 0.15) is 11.9 Å². The maximum atomic E-state index is 13.4. The second kappa shape index (κ2) is 4.26. The van der Waals surface area contributed by atoms with Crippen molar-refractivity contribution in [3.63, 3.8) is 0 Å². The largest absolute Gasteiger partial charge is 0.487 e. The molecular weight excluding hydrogens is 224 g/mol. The van der Waals surface area contributed by atoms with Crippen molar-refractivity contribution in [3.8, 4) is 5.75 Å². The van der Waals surface area contributed by atoms with Gasteiger partial charge in [-0.15, -0.1) is 0 Å². The molecule has 1 aromatic carbocycles. The van der Waals surface area contributed by atoms with Crippen LogP contribution in [0, 0.1) is 17.0 Å². The second-order valence-electron chi connectivity index (χ2n) is 4.88. The predicted molar refractivity (Wildman–Crippen MR) is 61.8 cm³/mol. The second-order valence-corrected chi connectivity index (χ2v) is 4.88. The van der Waals surface area contributed by atoms with E-state index in [2.05, 4.69) is 0 Å². The van der Waals surface area contributed by atoms with Crippen LogP contribution < -0.4 is 10.5 Å². The average molecular weight is 241 g/mol. The Kier molecular flexibility index (Phi) is 3.08. The van der Waals surface area contributed by atoms with Crippen LogP contribution in [0.5, 0.6) is 5.75 Å². The fraction of sp³-hybridized carbons (Fsp3) is 0.538. The van der Waals surface area contributed by atoms with Crippen LogP contribution in [0.4, 0.5) is 8.78 Å². The number of nitrogens with two attached hydrogens (primary N) is 1. The van der Waals surface area contributed by atoms with Gasteiger partial charge in [0.2, 0.25) is 0 Å². The van der Waals surface area contributed by atoms with Gasteiger partial charge in [0, 0.05) is 23.9 Å². The summed E-state index contributed by atoms with van der Waals surface area (Å²) in [6, 6.07) is 3.30. The molecule has 0 aliphatic heterocycles. The molecule has 1 fully saturated rings. The third-order valence-electron chi connectivity index (χ3n) is 3.97. The van der Waals surface area contributed by atoms with Gasteiger partial charge < -0.3 is 10.5 Å². The lowest BCUT2D eigenvalue weighted by molar-refractivity contribution is -0.0578. The Labute approximate surface area is 99.8 Å². The Bertz CT molecular complexity index is 424. The van der Waals surface area contributed by atoms with E-state index in [1.54, 1.807) is 0 Å². The Morgan fingerprint density at radius 2 is 2.18 bits per heavy atom. The molecule has 0 spiro atoms. The molecule has 3 unspecified atom stereocenters. The maximum Gasteiger partial charge on any atom is 0.165 e. The van der Waals surface area contributed by atoms with Crippen LogP contribution in [0.25, 0.3) is 0 Å². The van der Waals surface area contributed by atoms with Gasteiger partial charge >= 0.3 is 0 Å². The summed E-state index contributed by atoms with van der Waals surface area (Å²) in [5.41, 5.74) is 5.78. The highest BCUT2D eigenvalue weighted by Crippen LogP contribution is 2.45. The van der Waals surface area contributed by atoms with Gasteiger partial charge in [-0.3, -0.25) is 0 Å². The lowest BCUT2D eigenvalue weighted by Crippen LogP contribution is -2.61. The van der Waals surface area contributed by atoms with Crippen molar-refractivity contribution in [1.82, 2.24) is 0 Å². The van der Waals surface area contributed by atoms with Crippen LogP contribution in [-0.4, -0.2) is 12.1 Å². The number of ether oxygens (including phenoxy) is 1. The van der Waals surface area contributed by atoms with Crippen molar-refractivity contribution in [2.45, 2.75) is 38.8 Å². The molecule has 3 atom stereocenters. The number of hydrogen-bond donors (Lipinski definition) is 1. The predicted octanol–water partition coefficient (Wildman–Crippen LogP) is 2.86. The topological polar surface area (TPSA) is 35.2 Å². The van der Waals surface area contributed by atoms with E-state index < -0.39 is 11.6 Å². The van der Waals surface area contributed by atoms with Gasteiger partial charge in [0.05, 0.1) is 0 Å². The van der Waals surface area contributed by atoms with Crippen LogP contribution in [0.1, 0.15) is 26.7 Å². The first-order valence-corrected chi connectivity index (χ1v) is 5.84. The summed E-state index contributed by atoms with van der Waals surface area (Å²) in [6.07, 6.45) is 1.40. The number of benzene rings is 1. The fourth-order valence-electron chi connectivity index (χ4n) is 2.24. The van der Waals surface area contributed by atoms with E-state index in [9.17, 15) is 8.78 Å². The van der Waals surface area contributed by atoms with Gasteiger partial charge in [0.25, 0.3) is 0 Å². The van der Waals surface area contributed by atoms with Crippen LogP contribution in [-0.2, 0) is 0 Å². The zero-order chi connectivity index (χ0) is 12.6. The van der Waals surface area contributed by atoms with Crippen molar-refractivity contribution in [2.75, 3.05) is 0 Å². The molecule has 2 nitrogen and oxygen atoms in total. The van der Waals surface area contributed by atoms with E-state index in [1.165, 1.54) is 0 Å². The summed E-state index contributed by atoms with van der Waals surface area (Å²) in [5.74, 6) is -1.06. The van der Waals surface area contributed by atoms with E-state index in [0.29, 0.717) is 6.42 Å². The zero-order valence-corrected chi connectivity index (χ0v) is 10.0. The van der Waals surface area contributed by atoms with Crippen molar-refractivity contribution < 1.29 is 13.5 Å². The molecule has 94 valence electrons. The molecule has 0 amide bonds. The molecule has 1 aliphatic rings. The first-order valence-electron chi connectivity index (χ1n) is 5.84. The minimum absolute atomic E-state index is 0.0263. The van der Waals surface area contributed by atoms with Crippen LogP contribution in [0.2, 0.25) is 0 Å². The lowest BCUT2D eigenvalue weighted by Gasteiger charge is -2.51. The zero-order valence-electron chi connectivity index (χ0n) is 10.0. The van der Waals surface area contributed by atoms with Crippen molar-refractivity contribution in [1.29, 1.82) is 0 Å². The molecule has 0 heterocycles. The minimum atomic E-state index is -0.537. The van der Waals surface area contributed by atoms with Gasteiger partial charge in [-0.05, 0) is 18.6 Å². The van der Waals surface area contributed by atoms with E-state index in [-0.39, 0.29) is 23.3 Å². The summed E-state index contributed by atoms with van der Waals surface area (Å²) >= 11 is 0. The molecule has 0 aromatic heterocycles. The molecule has 0 radical (unpaired) electrons. The summed E-state index contributed by atoms with van der Waals surface area (Å²) < 4.78 is 32.0. The molecule has 4 heteroatoms. The molecule has 17 heavy (non-hydrogen) atoms. The maximum absolute atomic E-state index is 13.4. The Morgan fingerprint density at radius 3 is 2.76 bits per heavy atom. The monoisotopic (exact) mass is 241 g/mol.